The van der Waals surface area contributed by atoms with Crippen LogP contribution in [0.1, 0.15) is 103 Å². The predicted molar refractivity (Wildman–Crippen MR) is 151 cm³/mol. The van der Waals surface area contributed by atoms with E-state index in [1.165, 1.54) is 32.1 Å². The summed E-state index contributed by atoms with van der Waals surface area (Å²) in [4.78, 5) is 12.4. The molecule has 1 aliphatic carbocycles. The highest BCUT2D eigenvalue weighted by Gasteiger charge is 2.47. The highest BCUT2D eigenvalue weighted by Crippen LogP contribution is 2.45. The number of carboxylic acid groups (broad SMARTS) is 1. The fraction of sp³-hybridized carbons (Fsp3) is 0.606. The lowest BCUT2D eigenvalue weighted by atomic mass is 9.65. The Morgan fingerprint density at radius 3 is 2.30 bits per heavy atom. The van der Waals surface area contributed by atoms with Gasteiger partial charge < -0.3 is 9.84 Å². The summed E-state index contributed by atoms with van der Waals surface area (Å²) in [7, 11) is 0. The summed E-state index contributed by atoms with van der Waals surface area (Å²) >= 11 is 0. The SMILES string of the molecule is CCCCCCCCOC(CC)CCC[C@@H]1CC[C@](C(=O)O)(c2ccc(-c3ccccc3)cc2)CC1F. The first-order valence-electron chi connectivity index (χ1n) is 14.6. The van der Waals surface area contributed by atoms with Crippen molar-refractivity contribution in [3.8, 4) is 11.1 Å². The van der Waals surface area contributed by atoms with Gasteiger partial charge in [0.05, 0.1) is 11.5 Å². The Balaban J connectivity index is 1.47. The molecule has 2 unspecified atom stereocenters. The molecule has 1 aliphatic rings. The number of benzene rings is 2. The second-order valence-corrected chi connectivity index (χ2v) is 10.9. The second kappa shape index (κ2) is 15.3. The van der Waals surface area contributed by atoms with E-state index in [0.717, 1.165) is 55.4 Å². The van der Waals surface area contributed by atoms with Crippen molar-refractivity contribution in [2.45, 2.75) is 115 Å². The normalized spacial score (nSPS) is 22.6. The van der Waals surface area contributed by atoms with Gasteiger partial charge in [-0.25, -0.2) is 4.39 Å². The van der Waals surface area contributed by atoms with E-state index in [0.29, 0.717) is 12.8 Å². The summed E-state index contributed by atoms with van der Waals surface area (Å²) in [5.74, 6) is -0.970. The van der Waals surface area contributed by atoms with Gasteiger partial charge in [0.2, 0.25) is 0 Å². The Hall–Kier alpha value is -2.20. The zero-order valence-electron chi connectivity index (χ0n) is 23.0. The van der Waals surface area contributed by atoms with Crippen molar-refractivity contribution in [1.29, 1.82) is 0 Å². The van der Waals surface area contributed by atoms with Gasteiger partial charge in [0.25, 0.3) is 0 Å². The van der Waals surface area contributed by atoms with Crippen LogP contribution in [-0.2, 0) is 14.9 Å². The van der Waals surface area contributed by atoms with Crippen molar-refractivity contribution < 1.29 is 19.0 Å². The molecule has 1 saturated carbocycles. The molecule has 37 heavy (non-hydrogen) atoms. The third kappa shape index (κ3) is 8.40. The monoisotopic (exact) mass is 510 g/mol. The number of unbranched alkanes of at least 4 members (excludes halogenated alkanes) is 5. The molecular weight excluding hydrogens is 463 g/mol. The Bertz CT molecular complexity index is 913. The Kier molecular flexibility index (Phi) is 12.1. The van der Waals surface area contributed by atoms with Crippen molar-refractivity contribution in [2.24, 2.45) is 5.92 Å². The fourth-order valence-electron chi connectivity index (χ4n) is 5.88. The number of hydrogen-bond acceptors (Lipinski definition) is 2. The molecule has 0 aliphatic heterocycles. The van der Waals surface area contributed by atoms with Crippen LogP contribution in [0.4, 0.5) is 4.39 Å². The fourth-order valence-corrected chi connectivity index (χ4v) is 5.88. The van der Waals surface area contributed by atoms with E-state index in [1.54, 1.807) is 0 Å². The second-order valence-electron chi connectivity index (χ2n) is 10.9. The van der Waals surface area contributed by atoms with E-state index in [9.17, 15) is 9.90 Å². The lowest BCUT2D eigenvalue weighted by Crippen LogP contribution is -2.44. The molecule has 2 aromatic carbocycles. The molecule has 0 saturated heterocycles. The van der Waals surface area contributed by atoms with Gasteiger partial charge in [0, 0.05) is 6.61 Å². The topological polar surface area (TPSA) is 46.5 Å². The quantitative estimate of drug-likeness (QED) is 0.229. The molecule has 0 radical (unpaired) electrons. The predicted octanol–water partition coefficient (Wildman–Crippen LogP) is 9.14. The van der Waals surface area contributed by atoms with E-state index in [2.05, 4.69) is 13.8 Å². The van der Waals surface area contributed by atoms with Crippen LogP contribution < -0.4 is 0 Å². The van der Waals surface area contributed by atoms with Crippen molar-refractivity contribution in [3.63, 3.8) is 0 Å². The third-order valence-electron chi connectivity index (χ3n) is 8.36. The van der Waals surface area contributed by atoms with Gasteiger partial charge in [-0.05, 0) is 67.6 Å². The van der Waals surface area contributed by atoms with Gasteiger partial charge in [-0.2, -0.15) is 0 Å². The summed E-state index contributed by atoms with van der Waals surface area (Å²) in [6.07, 6.45) is 11.6. The summed E-state index contributed by atoms with van der Waals surface area (Å²) in [5.41, 5.74) is 1.71. The maximum atomic E-state index is 15.4. The molecule has 4 heteroatoms. The van der Waals surface area contributed by atoms with Gasteiger partial charge in [-0.15, -0.1) is 0 Å². The molecule has 0 spiro atoms. The van der Waals surface area contributed by atoms with Gasteiger partial charge in [-0.1, -0.05) is 107 Å². The van der Waals surface area contributed by atoms with Crippen LogP contribution in [0, 0.1) is 5.92 Å². The number of rotatable bonds is 16. The third-order valence-corrected chi connectivity index (χ3v) is 8.36. The first-order chi connectivity index (χ1) is 18.0. The molecule has 2 aromatic rings. The van der Waals surface area contributed by atoms with Crippen LogP contribution in [-0.4, -0.2) is 30.0 Å². The number of alkyl halides is 1. The first-order valence-corrected chi connectivity index (χ1v) is 14.6. The summed E-state index contributed by atoms with van der Waals surface area (Å²) in [5, 5.41) is 10.2. The molecular formula is C33H47FO3. The summed E-state index contributed by atoms with van der Waals surface area (Å²) in [6.45, 7) is 5.22. The average molecular weight is 511 g/mol. The smallest absolute Gasteiger partial charge is 0.314 e. The standard InChI is InChI=1S/C33H47FO3/c1-3-5-6-7-8-12-24-37-30(4-2)17-13-16-28-22-23-33(32(35)36,25-31(28)34)29-20-18-27(19-21-29)26-14-10-9-11-15-26/h9-11,14-15,18-21,28,30-31H,3-8,12-13,16-17,22-25H2,1-2H3,(H,35,36)/t28-,30?,31?,33-/m1/s1. The van der Waals surface area contributed by atoms with Crippen LogP contribution in [0.5, 0.6) is 0 Å². The van der Waals surface area contributed by atoms with E-state index in [1.807, 2.05) is 54.6 Å². The minimum Gasteiger partial charge on any atom is -0.481 e. The average Bonchev–Trinajstić information content (AvgIpc) is 2.92. The molecule has 0 heterocycles. The van der Waals surface area contributed by atoms with Crippen LogP contribution >= 0.6 is 0 Å². The molecule has 0 bridgehead atoms. The minimum absolute atomic E-state index is 0.0589. The van der Waals surface area contributed by atoms with Crippen molar-refractivity contribution in [3.05, 3.63) is 60.2 Å². The van der Waals surface area contributed by atoms with Gasteiger partial charge >= 0.3 is 5.97 Å². The molecule has 1 N–H and O–H groups in total. The Labute approximate surface area is 223 Å². The highest BCUT2D eigenvalue weighted by molar-refractivity contribution is 5.82. The van der Waals surface area contributed by atoms with E-state index in [-0.39, 0.29) is 18.4 Å². The maximum absolute atomic E-state index is 15.4. The summed E-state index contributed by atoms with van der Waals surface area (Å²) in [6, 6.07) is 17.7. The van der Waals surface area contributed by atoms with Crippen molar-refractivity contribution in [2.75, 3.05) is 6.61 Å². The minimum atomic E-state index is -1.14. The number of hydrogen-bond donors (Lipinski definition) is 1. The van der Waals surface area contributed by atoms with E-state index in [4.69, 9.17) is 4.74 Å². The number of ether oxygens (including phenoxy) is 1. The van der Waals surface area contributed by atoms with Crippen molar-refractivity contribution in [1.82, 2.24) is 0 Å². The van der Waals surface area contributed by atoms with Gasteiger partial charge in [0.1, 0.15) is 6.17 Å². The Morgan fingerprint density at radius 1 is 0.973 bits per heavy atom. The first kappa shape index (κ1) is 29.4. The molecule has 3 rings (SSSR count). The molecule has 3 nitrogen and oxygen atoms in total. The maximum Gasteiger partial charge on any atom is 0.314 e. The van der Waals surface area contributed by atoms with Crippen LogP contribution in [0.3, 0.4) is 0 Å². The molecule has 0 amide bonds. The van der Waals surface area contributed by atoms with Crippen LogP contribution in [0.2, 0.25) is 0 Å². The molecule has 0 aromatic heterocycles. The van der Waals surface area contributed by atoms with E-state index >= 15 is 4.39 Å². The van der Waals surface area contributed by atoms with Crippen LogP contribution in [0.25, 0.3) is 11.1 Å². The van der Waals surface area contributed by atoms with Gasteiger partial charge in [0.15, 0.2) is 0 Å². The molecule has 1 fully saturated rings. The summed E-state index contributed by atoms with van der Waals surface area (Å²) < 4.78 is 21.5. The zero-order valence-corrected chi connectivity index (χ0v) is 23.0. The van der Waals surface area contributed by atoms with E-state index < -0.39 is 17.6 Å². The number of carbonyl (C=O) groups is 1. The highest BCUT2D eigenvalue weighted by atomic mass is 19.1. The number of carboxylic acids is 1. The van der Waals surface area contributed by atoms with Gasteiger partial charge in [-0.3, -0.25) is 4.79 Å². The zero-order chi connectivity index (χ0) is 26.5. The molecule has 4 atom stereocenters. The van der Waals surface area contributed by atoms with Crippen LogP contribution in [0.15, 0.2) is 54.6 Å². The lowest BCUT2D eigenvalue weighted by Gasteiger charge is -2.39. The largest absolute Gasteiger partial charge is 0.481 e. The molecule has 204 valence electrons. The number of aliphatic carboxylic acids is 1. The van der Waals surface area contributed by atoms with Crippen molar-refractivity contribution >= 4 is 5.97 Å². The Morgan fingerprint density at radius 2 is 1.65 bits per heavy atom. The number of halogens is 1. The lowest BCUT2D eigenvalue weighted by molar-refractivity contribution is -0.147.